The zero-order valence-electron chi connectivity index (χ0n) is 16.0. The van der Waals surface area contributed by atoms with Crippen LogP contribution in [0, 0.1) is 17.0 Å². The quantitative estimate of drug-likeness (QED) is 0.167. The number of para-hydroxylation sites is 2. The number of anilines is 4. The molecule has 9 heteroatoms. The van der Waals surface area contributed by atoms with Gasteiger partial charge in [0.2, 0.25) is 0 Å². The van der Waals surface area contributed by atoms with Gasteiger partial charge >= 0.3 is 0 Å². The Morgan fingerprint density at radius 2 is 1.70 bits per heavy atom. The third-order valence-electron chi connectivity index (χ3n) is 4.23. The van der Waals surface area contributed by atoms with Crippen molar-refractivity contribution < 1.29 is 4.92 Å². The first-order chi connectivity index (χ1) is 14.5. The second-order valence-electron chi connectivity index (χ2n) is 6.63. The minimum absolute atomic E-state index is 0.00916. The van der Waals surface area contributed by atoms with Crippen LogP contribution in [0.5, 0.6) is 0 Å². The van der Waals surface area contributed by atoms with Crippen LogP contribution in [0.25, 0.3) is 11.0 Å². The molecule has 0 saturated carbocycles. The summed E-state index contributed by atoms with van der Waals surface area (Å²) in [5, 5.41) is 14.4. The summed E-state index contributed by atoms with van der Waals surface area (Å²) in [5.74, 6) is 0.968. The van der Waals surface area contributed by atoms with Gasteiger partial charge in [0.1, 0.15) is 0 Å². The maximum absolute atomic E-state index is 11.2. The number of aromatic nitrogens is 2. The molecule has 3 aromatic carbocycles. The van der Waals surface area contributed by atoms with Crippen LogP contribution in [0.4, 0.5) is 28.7 Å². The van der Waals surface area contributed by atoms with Gasteiger partial charge in [-0.3, -0.25) is 10.1 Å². The van der Waals surface area contributed by atoms with Gasteiger partial charge in [-0.1, -0.05) is 18.2 Å². The molecule has 0 fully saturated rings. The van der Waals surface area contributed by atoms with Gasteiger partial charge < -0.3 is 15.8 Å². The number of nitrogens with two attached hydrogens (primary N) is 1. The first kappa shape index (κ1) is 19.5. The number of nitrogen functional groups attached to an aromatic ring is 1. The topological polar surface area (TPSA) is 119 Å². The number of rotatable bonds is 6. The van der Waals surface area contributed by atoms with Crippen LogP contribution in [0.3, 0.4) is 0 Å². The minimum atomic E-state index is -0.418. The molecule has 0 amide bonds. The highest BCUT2D eigenvalue weighted by atomic mass is 32.2. The van der Waals surface area contributed by atoms with Crippen molar-refractivity contribution in [2.24, 2.45) is 0 Å². The van der Waals surface area contributed by atoms with Gasteiger partial charge in [0.15, 0.2) is 11.6 Å². The lowest BCUT2D eigenvalue weighted by Crippen LogP contribution is -2.03. The van der Waals surface area contributed by atoms with Gasteiger partial charge in [-0.25, -0.2) is 9.97 Å². The smallest absolute Gasteiger partial charge is 0.271 e. The summed E-state index contributed by atoms with van der Waals surface area (Å²) >= 11 is 1.35. The normalized spacial score (nSPS) is 10.7. The van der Waals surface area contributed by atoms with Crippen LogP contribution in [0.2, 0.25) is 0 Å². The Hall–Kier alpha value is -3.85. The number of fused-ring (bicyclic) bond motifs is 1. The number of nitrogens with zero attached hydrogens (tertiary/aromatic N) is 3. The van der Waals surface area contributed by atoms with Crippen molar-refractivity contribution in [2.45, 2.75) is 11.8 Å². The largest absolute Gasteiger partial charge is 0.399 e. The summed E-state index contributed by atoms with van der Waals surface area (Å²) in [5.41, 5.74) is 9.29. The lowest BCUT2D eigenvalue weighted by atomic mass is 10.2. The fourth-order valence-corrected chi connectivity index (χ4v) is 3.62. The molecule has 4 rings (SSSR count). The van der Waals surface area contributed by atoms with Crippen molar-refractivity contribution >= 4 is 51.7 Å². The van der Waals surface area contributed by atoms with Crippen molar-refractivity contribution in [3.05, 3.63) is 82.4 Å². The van der Waals surface area contributed by atoms with Crippen LogP contribution in [0.1, 0.15) is 5.56 Å². The molecule has 0 aliphatic rings. The van der Waals surface area contributed by atoms with Gasteiger partial charge in [0, 0.05) is 28.4 Å². The maximum Gasteiger partial charge on any atom is 0.271 e. The molecule has 0 bridgehead atoms. The highest BCUT2D eigenvalue weighted by Crippen LogP contribution is 2.31. The molecule has 1 heterocycles. The van der Waals surface area contributed by atoms with E-state index in [-0.39, 0.29) is 5.69 Å². The number of nitro groups is 1. The zero-order valence-corrected chi connectivity index (χ0v) is 16.8. The van der Waals surface area contributed by atoms with Gasteiger partial charge in [-0.15, -0.1) is 0 Å². The van der Waals surface area contributed by atoms with Crippen LogP contribution < -0.4 is 15.8 Å². The third kappa shape index (κ3) is 4.41. The van der Waals surface area contributed by atoms with Crippen LogP contribution in [-0.2, 0) is 0 Å². The Balaban J connectivity index is 1.70. The van der Waals surface area contributed by atoms with Gasteiger partial charge in [-0.2, -0.15) is 0 Å². The monoisotopic (exact) mass is 418 g/mol. The molecule has 0 unspecified atom stereocenters. The molecule has 0 aliphatic carbocycles. The number of benzene rings is 3. The molecule has 1 aromatic heterocycles. The molecular formula is C21H18N6O2S. The van der Waals surface area contributed by atoms with E-state index < -0.39 is 4.92 Å². The van der Waals surface area contributed by atoms with E-state index in [1.54, 1.807) is 6.92 Å². The summed E-state index contributed by atoms with van der Waals surface area (Å²) in [4.78, 5) is 21.0. The van der Waals surface area contributed by atoms with E-state index in [1.807, 2.05) is 54.6 Å². The Morgan fingerprint density at radius 3 is 2.40 bits per heavy atom. The molecule has 30 heavy (non-hydrogen) atoms. The Morgan fingerprint density at radius 1 is 0.967 bits per heavy atom. The number of aryl methyl sites for hydroxylation is 1. The molecule has 0 radical (unpaired) electrons. The second kappa shape index (κ2) is 8.26. The second-order valence-corrected chi connectivity index (χ2v) is 7.51. The van der Waals surface area contributed by atoms with E-state index in [0.29, 0.717) is 28.5 Å². The van der Waals surface area contributed by atoms with Crippen molar-refractivity contribution in [1.29, 1.82) is 0 Å². The third-order valence-corrected chi connectivity index (χ3v) is 5.01. The van der Waals surface area contributed by atoms with E-state index in [0.717, 1.165) is 16.0 Å². The average Bonchev–Trinajstić information content (AvgIpc) is 2.72. The first-order valence-corrected chi connectivity index (χ1v) is 9.88. The molecule has 0 aliphatic heterocycles. The molecule has 4 N–H and O–H groups in total. The molecule has 8 nitrogen and oxygen atoms in total. The average molecular weight is 418 g/mol. The summed E-state index contributed by atoms with van der Waals surface area (Å²) in [6, 6.07) is 19.8. The van der Waals surface area contributed by atoms with Crippen molar-refractivity contribution in [1.82, 2.24) is 9.97 Å². The SMILES string of the molecule is Cc1cc(Nc2nc3ccccc3nc2NSc2cccc(N)c2)cc([N+](=O)[O-])c1. The number of hydrogen-bond acceptors (Lipinski definition) is 8. The lowest BCUT2D eigenvalue weighted by Gasteiger charge is -2.13. The predicted molar refractivity (Wildman–Crippen MR) is 121 cm³/mol. The summed E-state index contributed by atoms with van der Waals surface area (Å²) < 4.78 is 3.21. The molecule has 0 atom stereocenters. The predicted octanol–water partition coefficient (Wildman–Crippen LogP) is 5.29. The van der Waals surface area contributed by atoms with Gasteiger partial charge in [0.25, 0.3) is 5.69 Å². The van der Waals surface area contributed by atoms with Crippen molar-refractivity contribution in [3.8, 4) is 0 Å². The fourth-order valence-electron chi connectivity index (χ4n) is 2.92. The van der Waals surface area contributed by atoms with Crippen molar-refractivity contribution in [2.75, 3.05) is 15.8 Å². The standard InChI is InChI=1S/C21H18N6O2S/c1-13-9-15(12-16(10-13)27(28)29)23-20-21(25-19-8-3-2-7-18(19)24-20)26-30-17-6-4-5-14(22)11-17/h2-12H,22H2,1H3,(H,23,24)(H,25,26). The number of nitrogens with one attached hydrogen (secondary N) is 2. The Bertz CT molecular complexity index is 1250. The van der Waals surface area contributed by atoms with Crippen molar-refractivity contribution in [3.63, 3.8) is 0 Å². The molecular weight excluding hydrogens is 400 g/mol. The lowest BCUT2D eigenvalue weighted by molar-refractivity contribution is -0.384. The number of nitro benzene ring substituents is 1. The van der Waals surface area contributed by atoms with Gasteiger partial charge in [0.05, 0.1) is 16.0 Å². The summed E-state index contributed by atoms with van der Waals surface area (Å²) in [7, 11) is 0. The fraction of sp³-hybridized carbons (Fsp3) is 0.0476. The van der Waals surface area contributed by atoms with E-state index >= 15 is 0 Å². The van der Waals surface area contributed by atoms with Crippen LogP contribution in [0.15, 0.2) is 71.6 Å². The van der Waals surface area contributed by atoms with E-state index in [4.69, 9.17) is 5.73 Å². The molecule has 0 spiro atoms. The molecule has 4 aromatic rings. The first-order valence-electron chi connectivity index (χ1n) is 9.06. The Labute approximate surface area is 176 Å². The van der Waals surface area contributed by atoms with Crippen LogP contribution in [-0.4, -0.2) is 14.9 Å². The number of non-ortho nitro benzene ring substituents is 1. The Kier molecular flexibility index (Phi) is 5.36. The summed E-state index contributed by atoms with van der Waals surface area (Å²) in [6.07, 6.45) is 0. The highest BCUT2D eigenvalue weighted by Gasteiger charge is 2.13. The molecule has 0 saturated heterocycles. The highest BCUT2D eigenvalue weighted by molar-refractivity contribution is 8.00. The number of hydrogen-bond donors (Lipinski definition) is 3. The van der Waals surface area contributed by atoms with Crippen LogP contribution >= 0.6 is 11.9 Å². The van der Waals surface area contributed by atoms with E-state index in [1.165, 1.54) is 24.1 Å². The van der Waals surface area contributed by atoms with E-state index in [2.05, 4.69) is 20.0 Å². The zero-order chi connectivity index (χ0) is 21.1. The molecule has 150 valence electrons. The minimum Gasteiger partial charge on any atom is -0.399 e. The van der Waals surface area contributed by atoms with E-state index in [9.17, 15) is 10.1 Å². The van der Waals surface area contributed by atoms with Gasteiger partial charge in [-0.05, 0) is 60.8 Å². The maximum atomic E-state index is 11.2. The summed E-state index contributed by atoms with van der Waals surface area (Å²) in [6.45, 7) is 1.80.